The van der Waals surface area contributed by atoms with Gasteiger partial charge in [0.2, 0.25) is 0 Å². The number of pyridine rings is 1. The molecule has 1 amide bonds. The van der Waals surface area contributed by atoms with Crippen LogP contribution in [0.25, 0.3) is 0 Å². The van der Waals surface area contributed by atoms with Gasteiger partial charge >= 0.3 is 5.97 Å². The van der Waals surface area contributed by atoms with E-state index in [1.807, 2.05) is 4.90 Å². The zero-order valence-corrected chi connectivity index (χ0v) is 12.9. The summed E-state index contributed by atoms with van der Waals surface area (Å²) in [6.07, 6.45) is 1.54. The average Bonchev–Trinajstić information content (AvgIpc) is 2.62. The molecule has 1 aromatic carbocycles. The summed E-state index contributed by atoms with van der Waals surface area (Å²) in [5.74, 6) is -1.54. The van der Waals surface area contributed by atoms with Gasteiger partial charge in [-0.25, -0.2) is 14.2 Å². The number of carbonyl (C=O) groups excluding carboxylic acids is 1. The van der Waals surface area contributed by atoms with Crippen molar-refractivity contribution in [3.05, 3.63) is 59.5 Å². The molecule has 0 spiro atoms. The maximum Gasteiger partial charge on any atom is 0.339 e. The van der Waals surface area contributed by atoms with Gasteiger partial charge in [-0.05, 0) is 24.3 Å². The zero-order valence-electron chi connectivity index (χ0n) is 12.9. The number of anilines is 1. The smallest absolute Gasteiger partial charge is 0.339 e. The van der Waals surface area contributed by atoms with Crippen molar-refractivity contribution in [2.24, 2.45) is 0 Å². The highest BCUT2D eigenvalue weighted by Gasteiger charge is 2.26. The fourth-order valence-corrected chi connectivity index (χ4v) is 2.74. The van der Waals surface area contributed by atoms with E-state index in [0.717, 1.165) is 0 Å². The number of carboxylic acid groups (broad SMARTS) is 1. The fourth-order valence-electron chi connectivity index (χ4n) is 2.74. The molecule has 7 heteroatoms. The van der Waals surface area contributed by atoms with Gasteiger partial charge in [0.1, 0.15) is 17.2 Å². The van der Waals surface area contributed by atoms with E-state index in [9.17, 15) is 19.1 Å². The van der Waals surface area contributed by atoms with E-state index in [1.165, 1.54) is 18.2 Å². The number of halogens is 1. The van der Waals surface area contributed by atoms with E-state index >= 15 is 0 Å². The summed E-state index contributed by atoms with van der Waals surface area (Å²) in [7, 11) is 0. The Labute approximate surface area is 138 Å². The number of nitrogens with zero attached hydrogens (tertiary/aromatic N) is 3. The number of carbonyl (C=O) groups is 2. The zero-order chi connectivity index (χ0) is 17.1. The Morgan fingerprint density at radius 1 is 1.00 bits per heavy atom. The number of rotatable bonds is 3. The Morgan fingerprint density at radius 2 is 1.67 bits per heavy atom. The predicted octanol–water partition coefficient (Wildman–Crippen LogP) is 1.88. The first kappa shape index (κ1) is 15.9. The number of benzene rings is 1. The van der Waals surface area contributed by atoms with Crippen LogP contribution in [0.1, 0.15) is 20.7 Å². The van der Waals surface area contributed by atoms with Crippen molar-refractivity contribution < 1.29 is 19.1 Å². The highest BCUT2D eigenvalue weighted by Crippen LogP contribution is 2.20. The molecule has 0 radical (unpaired) electrons. The molecular weight excluding hydrogens is 313 g/mol. The van der Waals surface area contributed by atoms with Gasteiger partial charge in [-0.2, -0.15) is 0 Å². The van der Waals surface area contributed by atoms with Gasteiger partial charge < -0.3 is 14.9 Å². The third-order valence-corrected chi connectivity index (χ3v) is 3.99. The number of hydrogen-bond donors (Lipinski definition) is 1. The third kappa shape index (κ3) is 3.05. The van der Waals surface area contributed by atoms with Crippen LogP contribution in [0.2, 0.25) is 0 Å². The molecular formula is C17H16FN3O3. The molecule has 0 bridgehead atoms. The first-order valence-corrected chi connectivity index (χ1v) is 7.55. The average molecular weight is 329 g/mol. The van der Waals surface area contributed by atoms with Crippen LogP contribution in [-0.4, -0.2) is 53.0 Å². The van der Waals surface area contributed by atoms with Crippen molar-refractivity contribution in [2.75, 3.05) is 31.1 Å². The molecule has 1 aromatic heterocycles. The lowest BCUT2D eigenvalue weighted by Gasteiger charge is -2.35. The fraction of sp³-hybridized carbons (Fsp3) is 0.235. The standard InChI is InChI=1S/C17H16FN3O3/c18-14-6-2-1-4-12(14)16(22)21-10-8-20(9-11-21)15-13(17(23)24)5-3-7-19-15/h1-7H,8-11H2,(H,23,24). The van der Waals surface area contributed by atoms with Crippen LogP contribution in [0.5, 0.6) is 0 Å². The molecule has 0 atom stereocenters. The van der Waals surface area contributed by atoms with Gasteiger partial charge in [-0.3, -0.25) is 4.79 Å². The number of aromatic nitrogens is 1. The lowest BCUT2D eigenvalue weighted by molar-refractivity contribution is 0.0691. The topological polar surface area (TPSA) is 73.7 Å². The van der Waals surface area contributed by atoms with Crippen molar-refractivity contribution in [3.63, 3.8) is 0 Å². The molecule has 3 rings (SSSR count). The minimum absolute atomic E-state index is 0.0509. The lowest BCUT2D eigenvalue weighted by atomic mass is 10.1. The van der Waals surface area contributed by atoms with Crippen LogP contribution >= 0.6 is 0 Å². The second kappa shape index (κ2) is 6.66. The van der Waals surface area contributed by atoms with E-state index in [-0.39, 0.29) is 17.0 Å². The number of amides is 1. The third-order valence-electron chi connectivity index (χ3n) is 3.99. The van der Waals surface area contributed by atoms with Crippen LogP contribution in [0, 0.1) is 5.82 Å². The molecule has 1 fully saturated rings. The minimum atomic E-state index is -1.04. The van der Waals surface area contributed by atoms with Gasteiger partial charge in [0.05, 0.1) is 5.56 Å². The van der Waals surface area contributed by atoms with Crippen molar-refractivity contribution in [2.45, 2.75) is 0 Å². The molecule has 2 heterocycles. The van der Waals surface area contributed by atoms with Gasteiger partial charge in [0, 0.05) is 32.4 Å². The van der Waals surface area contributed by atoms with Gasteiger partial charge in [0.15, 0.2) is 0 Å². The molecule has 124 valence electrons. The number of carboxylic acids is 1. The lowest BCUT2D eigenvalue weighted by Crippen LogP contribution is -2.49. The summed E-state index contributed by atoms with van der Waals surface area (Å²) in [6.45, 7) is 1.64. The van der Waals surface area contributed by atoms with E-state index in [0.29, 0.717) is 32.0 Å². The SMILES string of the molecule is O=C(O)c1cccnc1N1CCN(C(=O)c2ccccc2F)CC1. The van der Waals surface area contributed by atoms with Gasteiger partial charge in [-0.1, -0.05) is 12.1 Å². The first-order valence-electron chi connectivity index (χ1n) is 7.55. The largest absolute Gasteiger partial charge is 0.478 e. The summed E-state index contributed by atoms with van der Waals surface area (Å²) in [5, 5.41) is 9.24. The van der Waals surface area contributed by atoms with Crippen molar-refractivity contribution >= 4 is 17.7 Å². The van der Waals surface area contributed by atoms with Crippen LogP contribution in [0.15, 0.2) is 42.6 Å². The Morgan fingerprint density at radius 3 is 2.33 bits per heavy atom. The minimum Gasteiger partial charge on any atom is -0.478 e. The highest BCUT2D eigenvalue weighted by molar-refractivity contribution is 5.95. The van der Waals surface area contributed by atoms with Crippen molar-refractivity contribution in [3.8, 4) is 0 Å². The van der Waals surface area contributed by atoms with Crippen LogP contribution in [0.4, 0.5) is 10.2 Å². The van der Waals surface area contributed by atoms with E-state index in [4.69, 9.17) is 0 Å². The van der Waals surface area contributed by atoms with Crippen molar-refractivity contribution in [1.82, 2.24) is 9.88 Å². The summed E-state index contributed by atoms with van der Waals surface area (Å²) < 4.78 is 13.7. The normalized spacial score (nSPS) is 14.5. The summed E-state index contributed by atoms with van der Waals surface area (Å²) in [5.41, 5.74) is 0.182. The maximum atomic E-state index is 13.7. The van der Waals surface area contributed by atoms with Crippen LogP contribution < -0.4 is 4.90 Å². The molecule has 1 saturated heterocycles. The summed E-state index contributed by atoms with van der Waals surface area (Å²) in [6, 6.07) is 8.96. The summed E-state index contributed by atoms with van der Waals surface area (Å²) >= 11 is 0. The maximum absolute atomic E-state index is 13.7. The molecule has 0 unspecified atom stereocenters. The second-order valence-electron chi connectivity index (χ2n) is 5.44. The Kier molecular flexibility index (Phi) is 4.41. The van der Waals surface area contributed by atoms with Crippen LogP contribution in [-0.2, 0) is 0 Å². The Bertz CT molecular complexity index is 773. The molecule has 1 aliphatic heterocycles. The molecule has 1 N–H and O–H groups in total. The van der Waals surface area contributed by atoms with Gasteiger partial charge in [0.25, 0.3) is 5.91 Å². The number of piperazine rings is 1. The summed E-state index contributed by atoms with van der Waals surface area (Å²) in [4.78, 5) is 31.2. The van der Waals surface area contributed by atoms with E-state index in [2.05, 4.69) is 4.98 Å². The molecule has 6 nitrogen and oxygen atoms in total. The highest BCUT2D eigenvalue weighted by atomic mass is 19.1. The molecule has 0 saturated carbocycles. The molecule has 24 heavy (non-hydrogen) atoms. The number of aromatic carboxylic acids is 1. The Hall–Kier alpha value is -2.96. The van der Waals surface area contributed by atoms with Gasteiger partial charge in [-0.15, -0.1) is 0 Å². The second-order valence-corrected chi connectivity index (χ2v) is 5.44. The monoisotopic (exact) mass is 329 g/mol. The Balaban J connectivity index is 1.72. The molecule has 2 aromatic rings. The first-order chi connectivity index (χ1) is 11.6. The van der Waals surface area contributed by atoms with E-state index < -0.39 is 11.8 Å². The van der Waals surface area contributed by atoms with E-state index in [1.54, 1.807) is 29.3 Å². The quantitative estimate of drug-likeness (QED) is 0.931. The van der Waals surface area contributed by atoms with Crippen molar-refractivity contribution in [1.29, 1.82) is 0 Å². The molecule has 0 aliphatic carbocycles. The van der Waals surface area contributed by atoms with Crippen LogP contribution in [0.3, 0.4) is 0 Å². The predicted molar refractivity (Wildman–Crippen MR) is 85.7 cm³/mol. The number of hydrogen-bond acceptors (Lipinski definition) is 4. The molecule has 1 aliphatic rings.